The highest BCUT2D eigenvalue weighted by atomic mass is 14.8. The Kier molecular flexibility index (Phi) is 5.85. The zero-order valence-corrected chi connectivity index (χ0v) is 17.6. The van der Waals surface area contributed by atoms with Crippen LogP contribution >= 0.6 is 0 Å². The van der Waals surface area contributed by atoms with Crippen LogP contribution in [-0.2, 0) is 6.42 Å². The maximum atomic E-state index is 4.93. The molecule has 0 saturated carbocycles. The second-order valence-electron chi connectivity index (χ2n) is 7.46. The SMILES string of the molecule is C=C(/C=C\C=C/C)c1ccnc2c1CC=Cc1c(C3=CCC=CC=C3)cc(C)nc1-2. The molecule has 2 heterocycles. The molecule has 0 aliphatic heterocycles. The molecule has 0 aromatic carbocycles. The lowest BCUT2D eigenvalue weighted by Crippen LogP contribution is -2.02. The van der Waals surface area contributed by atoms with Crippen LogP contribution in [-0.4, -0.2) is 9.97 Å². The van der Waals surface area contributed by atoms with E-state index < -0.39 is 0 Å². The maximum absolute atomic E-state index is 4.93. The molecule has 2 nitrogen and oxygen atoms in total. The molecule has 0 amide bonds. The van der Waals surface area contributed by atoms with E-state index in [2.05, 4.69) is 68.2 Å². The Balaban J connectivity index is 1.88. The number of pyridine rings is 2. The maximum Gasteiger partial charge on any atom is 0.0970 e. The van der Waals surface area contributed by atoms with Gasteiger partial charge < -0.3 is 0 Å². The summed E-state index contributed by atoms with van der Waals surface area (Å²) in [4.78, 5) is 9.70. The average molecular weight is 391 g/mol. The molecule has 4 rings (SSSR count). The van der Waals surface area contributed by atoms with Crippen LogP contribution in [0.25, 0.3) is 28.6 Å². The first-order valence-electron chi connectivity index (χ1n) is 10.4. The van der Waals surface area contributed by atoms with Gasteiger partial charge in [-0.2, -0.15) is 0 Å². The summed E-state index contributed by atoms with van der Waals surface area (Å²) >= 11 is 0. The van der Waals surface area contributed by atoms with Crippen LogP contribution in [0.1, 0.15) is 41.3 Å². The van der Waals surface area contributed by atoms with Crippen molar-refractivity contribution in [1.29, 1.82) is 0 Å². The van der Waals surface area contributed by atoms with E-state index in [9.17, 15) is 0 Å². The van der Waals surface area contributed by atoms with E-state index >= 15 is 0 Å². The van der Waals surface area contributed by atoms with Gasteiger partial charge in [-0.25, -0.2) is 0 Å². The van der Waals surface area contributed by atoms with Crippen molar-refractivity contribution in [3.8, 4) is 11.4 Å². The van der Waals surface area contributed by atoms with Crippen molar-refractivity contribution in [2.24, 2.45) is 0 Å². The van der Waals surface area contributed by atoms with E-state index in [0.29, 0.717) is 0 Å². The molecule has 0 fully saturated rings. The van der Waals surface area contributed by atoms with Crippen LogP contribution in [0.5, 0.6) is 0 Å². The highest BCUT2D eigenvalue weighted by molar-refractivity contribution is 5.89. The molecule has 0 spiro atoms. The lowest BCUT2D eigenvalue weighted by Gasteiger charge is -2.15. The summed E-state index contributed by atoms with van der Waals surface area (Å²) in [6.07, 6.45) is 26.9. The molecule has 2 aliphatic rings. The van der Waals surface area contributed by atoms with Gasteiger partial charge in [-0.3, -0.25) is 9.97 Å². The van der Waals surface area contributed by atoms with Crippen LogP contribution in [0.3, 0.4) is 0 Å². The number of hydrogen-bond acceptors (Lipinski definition) is 2. The molecule has 0 radical (unpaired) electrons. The van der Waals surface area contributed by atoms with Gasteiger partial charge in [0.1, 0.15) is 0 Å². The van der Waals surface area contributed by atoms with Crippen molar-refractivity contribution in [3.05, 3.63) is 114 Å². The van der Waals surface area contributed by atoms with Crippen molar-refractivity contribution in [1.82, 2.24) is 9.97 Å². The number of hydrogen-bond donors (Lipinski definition) is 0. The first-order valence-corrected chi connectivity index (χ1v) is 10.4. The average Bonchev–Trinajstić information content (AvgIpc) is 3.12. The van der Waals surface area contributed by atoms with Crippen molar-refractivity contribution >= 4 is 17.2 Å². The van der Waals surface area contributed by atoms with Gasteiger partial charge in [-0.1, -0.05) is 73.4 Å². The molecule has 0 saturated heterocycles. The summed E-state index contributed by atoms with van der Waals surface area (Å²) in [6.45, 7) is 8.36. The van der Waals surface area contributed by atoms with Crippen molar-refractivity contribution in [2.75, 3.05) is 0 Å². The normalized spacial score (nSPS) is 15.1. The number of nitrogens with zero attached hydrogens (tertiary/aromatic N) is 2. The number of rotatable bonds is 4. The molecular weight excluding hydrogens is 364 g/mol. The largest absolute Gasteiger partial charge is 0.254 e. The lowest BCUT2D eigenvalue weighted by molar-refractivity contribution is 1.13. The van der Waals surface area contributed by atoms with E-state index in [1.54, 1.807) is 0 Å². The lowest BCUT2D eigenvalue weighted by atomic mass is 9.93. The Hall–Kier alpha value is -3.52. The number of fused-ring (bicyclic) bond motifs is 3. The van der Waals surface area contributed by atoms with Crippen LogP contribution in [0.15, 0.2) is 85.7 Å². The van der Waals surface area contributed by atoms with Gasteiger partial charge in [-0.05, 0) is 66.7 Å². The minimum atomic E-state index is 0.806. The van der Waals surface area contributed by atoms with E-state index in [1.165, 1.54) is 16.7 Å². The third-order valence-corrected chi connectivity index (χ3v) is 5.33. The fraction of sp³-hybridized carbons (Fsp3) is 0.143. The Morgan fingerprint density at radius 2 is 2.00 bits per heavy atom. The minimum absolute atomic E-state index is 0.806. The topological polar surface area (TPSA) is 25.8 Å². The molecule has 0 unspecified atom stereocenters. The van der Waals surface area contributed by atoms with Crippen LogP contribution in [0.4, 0.5) is 0 Å². The zero-order valence-electron chi connectivity index (χ0n) is 17.6. The smallest absolute Gasteiger partial charge is 0.0970 e. The van der Waals surface area contributed by atoms with Gasteiger partial charge in [-0.15, -0.1) is 0 Å². The molecule has 0 N–H and O–H groups in total. The van der Waals surface area contributed by atoms with Gasteiger partial charge in [0.25, 0.3) is 0 Å². The predicted molar refractivity (Wildman–Crippen MR) is 129 cm³/mol. The van der Waals surface area contributed by atoms with Crippen molar-refractivity contribution in [2.45, 2.75) is 26.7 Å². The summed E-state index contributed by atoms with van der Waals surface area (Å²) in [5.41, 5.74) is 9.76. The summed E-state index contributed by atoms with van der Waals surface area (Å²) in [7, 11) is 0. The number of aryl methyl sites for hydroxylation is 1. The van der Waals surface area contributed by atoms with E-state index in [1.807, 2.05) is 37.4 Å². The fourth-order valence-corrected chi connectivity index (χ4v) is 3.92. The van der Waals surface area contributed by atoms with Gasteiger partial charge in [0, 0.05) is 17.5 Å². The molecule has 0 bridgehead atoms. The summed E-state index contributed by atoms with van der Waals surface area (Å²) in [5.74, 6) is 0. The predicted octanol–water partition coefficient (Wildman–Crippen LogP) is 7.07. The van der Waals surface area contributed by atoms with Crippen molar-refractivity contribution < 1.29 is 0 Å². The quantitative estimate of drug-likeness (QED) is 0.522. The van der Waals surface area contributed by atoms with Crippen LogP contribution in [0, 0.1) is 6.92 Å². The van der Waals surface area contributed by atoms with Gasteiger partial charge in [0.15, 0.2) is 0 Å². The number of allylic oxidation sites excluding steroid dienone is 12. The Labute approximate surface area is 179 Å². The third-order valence-electron chi connectivity index (χ3n) is 5.33. The summed E-state index contributed by atoms with van der Waals surface area (Å²) < 4.78 is 0. The highest BCUT2D eigenvalue weighted by Gasteiger charge is 2.21. The fourth-order valence-electron chi connectivity index (χ4n) is 3.92. The first kappa shape index (κ1) is 19.8. The van der Waals surface area contributed by atoms with Gasteiger partial charge in [0.05, 0.1) is 11.4 Å². The summed E-state index contributed by atoms with van der Waals surface area (Å²) in [6, 6.07) is 4.23. The molecule has 148 valence electrons. The van der Waals surface area contributed by atoms with E-state index in [4.69, 9.17) is 9.97 Å². The second kappa shape index (κ2) is 8.87. The van der Waals surface area contributed by atoms with E-state index in [0.717, 1.165) is 46.6 Å². The molecule has 2 heteroatoms. The number of aromatic nitrogens is 2. The standard InChI is InChI=1S/C28H26N2/c1-4-5-8-12-20(2)23-17-18-29-27-24(23)15-11-16-25-26(19-21(3)30-28(25)27)22-13-9-6-7-10-14-22/h4-9,11-14,16-19H,2,10,15H2,1,3H3/b5-4-,12-8-. The minimum Gasteiger partial charge on any atom is -0.254 e. The Morgan fingerprint density at radius 1 is 1.10 bits per heavy atom. The molecule has 2 aliphatic carbocycles. The van der Waals surface area contributed by atoms with E-state index in [-0.39, 0.29) is 0 Å². The van der Waals surface area contributed by atoms with Gasteiger partial charge in [0.2, 0.25) is 0 Å². The monoisotopic (exact) mass is 390 g/mol. The van der Waals surface area contributed by atoms with Crippen LogP contribution in [0.2, 0.25) is 0 Å². The Morgan fingerprint density at radius 3 is 2.87 bits per heavy atom. The molecule has 2 aromatic heterocycles. The van der Waals surface area contributed by atoms with Crippen molar-refractivity contribution in [3.63, 3.8) is 0 Å². The highest BCUT2D eigenvalue weighted by Crippen LogP contribution is 2.37. The first-order chi connectivity index (χ1) is 14.7. The zero-order chi connectivity index (χ0) is 20.9. The molecule has 0 atom stereocenters. The molecule has 2 aromatic rings. The molecule has 30 heavy (non-hydrogen) atoms. The Bertz CT molecular complexity index is 1170. The third kappa shape index (κ3) is 3.95. The van der Waals surface area contributed by atoms with Gasteiger partial charge >= 0.3 is 0 Å². The summed E-state index contributed by atoms with van der Waals surface area (Å²) in [5, 5.41) is 0. The second-order valence-corrected chi connectivity index (χ2v) is 7.46. The molecular formula is C28H26N2. The van der Waals surface area contributed by atoms with Crippen LogP contribution < -0.4 is 0 Å².